The van der Waals surface area contributed by atoms with E-state index in [2.05, 4.69) is 5.32 Å². The number of aryl methyl sites for hydroxylation is 1. The molecule has 0 aromatic heterocycles. The predicted octanol–water partition coefficient (Wildman–Crippen LogP) is 1.56. The number of carbonyl (C=O) groups excluding carboxylic acids is 1. The lowest BCUT2D eigenvalue weighted by atomic mass is 10.1. The van der Waals surface area contributed by atoms with E-state index in [1.54, 1.807) is 13.0 Å². The van der Waals surface area contributed by atoms with Crippen LogP contribution in [0.25, 0.3) is 0 Å². The van der Waals surface area contributed by atoms with Gasteiger partial charge in [0.2, 0.25) is 5.91 Å². The fraction of sp³-hybridized carbons (Fsp3) is 0.417. The SMILES string of the molecule is Cc1cc(F)ccc1CCNC(=O)[C@H](C)N.Cl. The second-order valence-corrected chi connectivity index (χ2v) is 3.90. The van der Waals surface area contributed by atoms with Gasteiger partial charge in [-0.3, -0.25) is 4.79 Å². The Hall–Kier alpha value is -1.13. The predicted molar refractivity (Wildman–Crippen MR) is 68.7 cm³/mol. The highest BCUT2D eigenvalue weighted by molar-refractivity contribution is 5.85. The Bertz CT molecular complexity index is 383. The highest BCUT2D eigenvalue weighted by Crippen LogP contribution is 2.10. The van der Waals surface area contributed by atoms with Crippen LogP contribution in [0.15, 0.2) is 18.2 Å². The van der Waals surface area contributed by atoms with Crippen LogP contribution < -0.4 is 11.1 Å². The molecule has 0 radical (unpaired) electrons. The van der Waals surface area contributed by atoms with Gasteiger partial charge in [-0.15, -0.1) is 12.4 Å². The number of hydrogen-bond donors (Lipinski definition) is 2. The van der Waals surface area contributed by atoms with Crippen molar-refractivity contribution in [2.45, 2.75) is 26.3 Å². The fourth-order valence-corrected chi connectivity index (χ4v) is 1.42. The summed E-state index contributed by atoms with van der Waals surface area (Å²) in [5, 5.41) is 2.71. The van der Waals surface area contributed by atoms with Crippen LogP contribution in [0.1, 0.15) is 18.1 Å². The van der Waals surface area contributed by atoms with Crippen LogP contribution in [0.4, 0.5) is 4.39 Å². The minimum absolute atomic E-state index is 0. The summed E-state index contributed by atoms with van der Waals surface area (Å²) in [4.78, 5) is 11.2. The van der Waals surface area contributed by atoms with E-state index in [0.29, 0.717) is 13.0 Å². The van der Waals surface area contributed by atoms with Gasteiger partial charge in [-0.05, 0) is 43.5 Å². The first kappa shape index (κ1) is 15.9. The van der Waals surface area contributed by atoms with Crippen molar-refractivity contribution in [3.05, 3.63) is 35.1 Å². The van der Waals surface area contributed by atoms with E-state index in [-0.39, 0.29) is 24.1 Å². The van der Waals surface area contributed by atoms with Gasteiger partial charge in [0.1, 0.15) is 5.82 Å². The second-order valence-electron chi connectivity index (χ2n) is 3.90. The molecule has 1 aromatic rings. The maximum atomic E-state index is 12.8. The third-order valence-electron chi connectivity index (χ3n) is 2.41. The van der Waals surface area contributed by atoms with E-state index in [4.69, 9.17) is 5.73 Å². The van der Waals surface area contributed by atoms with Gasteiger partial charge in [-0.1, -0.05) is 6.07 Å². The maximum Gasteiger partial charge on any atom is 0.236 e. The summed E-state index contributed by atoms with van der Waals surface area (Å²) in [5.41, 5.74) is 7.34. The fourth-order valence-electron chi connectivity index (χ4n) is 1.42. The molecule has 1 amide bonds. The summed E-state index contributed by atoms with van der Waals surface area (Å²) in [5.74, 6) is -0.402. The largest absolute Gasteiger partial charge is 0.354 e. The van der Waals surface area contributed by atoms with Crippen LogP contribution in [-0.4, -0.2) is 18.5 Å². The molecule has 0 fully saturated rings. The standard InChI is InChI=1S/C12H17FN2O.ClH/c1-8-7-11(13)4-3-10(8)5-6-15-12(16)9(2)14;/h3-4,7,9H,5-6,14H2,1-2H3,(H,15,16);1H/t9-;/m0./s1. The molecule has 0 aliphatic rings. The minimum Gasteiger partial charge on any atom is -0.354 e. The van der Waals surface area contributed by atoms with E-state index in [1.807, 2.05) is 6.92 Å². The molecule has 0 heterocycles. The number of amides is 1. The molecule has 0 saturated carbocycles. The van der Waals surface area contributed by atoms with Crippen LogP contribution in [0, 0.1) is 12.7 Å². The number of rotatable bonds is 4. The van der Waals surface area contributed by atoms with Crippen molar-refractivity contribution >= 4 is 18.3 Å². The Labute approximate surface area is 107 Å². The van der Waals surface area contributed by atoms with E-state index < -0.39 is 6.04 Å². The first-order valence-corrected chi connectivity index (χ1v) is 5.29. The van der Waals surface area contributed by atoms with Crippen LogP contribution in [-0.2, 0) is 11.2 Å². The van der Waals surface area contributed by atoms with Gasteiger partial charge < -0.3 is 11.1 Å². The molecule has 3 nitrogen and oxygen atoms in total. The van der Waals surface area contributed by atoms with Crippen molar-refractivity contribution in [2.24, 2.45) is 5.73 Å². The summed E-state index contributed by atoms with van der Waals surface area (Å²) < 4.78 is 12.8. The molecule has 0 saturated heterocycles. The molecular formula is C12H18ClFN2O. The van der Waals surface area contributed by atoms with Crippen molar-refractivity contribution in [1.82, 2.24) is 5.32 Å². The van der Waals surface area contributed by atoms with Crippen LogP contribution in [0.2, 0.25) is 0 Å². The molecule has 1 rings (SSSR count). The number of carbonyl (C=O) groups is 1. The average molecular weight is 261 g/mol. The lowest BCUT2D eigenvalue weighted by molar-refractivity contribution is -0.121. The zero-order valence-corrected chi connectivity index (χ0v) is 10.8. The van der Waals surface area contributed by atoms with Gasteiger partial charge in [0.25, 0.3) is 0 Å². The first-order chi connectivity index (χ1) is 7.50. The normalized spacial score (nSPS) is 11.5. The molecule has 0 unspecified atom stereocenters. The second kappa shape index (κ2) is 7.25. The number of halogens is 2. The van der Waals surface area contributed by atoms with E-state index in [1.165, 1.54) is 12.1 Å². The van der Waals surface area contributed by atoms with Gasteiger partial charge in [0.15, 0.2) is 0 Å². The molecule has 17 heavy (non-hydrogen) atoms. The molecule has 5 heteroatoms. The Morgan fingerprint density at radius 1 is 1.53 bits per heavy atom. The topological polar surface area (TPSA) is 55.1 Å². The number of nitrogens with two attached hydrogens (primary N) is 1. The molecule has 0 aliphatic carbocycles. The number of benzene rings is 1. The molecule has 0 bridgehead atoms. The highest BCUT2D eigenvalue weighted by atomic mass is 35.5. The smallest absolute Gasteiger partial charge is 0.236 e. The van der Waals surface area contributed by atoms with E-state index >= 15 is 0 Å². The van der Waals surface area contributed by atoms with Crippen LogP contribution in [0.5, 0.6) is 0 Å². The van der Waals surface area contributed by atoms with Gasteiger partial charge in [0, 0.05) is 6.54 Å². The Balaban J connectivity index is 0.00000256. The van der Waals surface area contributed by atoms with E-state index in [9.17, 15) is 9.18 Å². The lowest BCUT2D eigenvalue weighted by Crippen LogP contribution is -2.39. The molecule has 3 N–H and O–H groups in total. The maximum absolute atomic E-state index is 12.8. The van der Waals surface area contributed by atoms with Crippen molar-refractivity contribution < 1.29 is 9.18 Å². The quantitative estimate of drug-likeness (QED) is 0.863. The summed E-state index contributed by atoms with van der Waals surface area (Å²) in [7, 11) is 0. The van der Waals surface area contributed by atoms with Crippen molar-refractivity contribution in [1.29, 1.82) is 0 Å². The number of hydrogen-bond acceptors (Lipinski definition) is 2. The summed E-state index contributed by atoms with van der Waals surface area (Å²) in [6.07, 6.45) is 0.685. The highest BCUT2D eigenvalue weighted by Gasteiger charge is 2.06. The van der Waals surface area contributed by atoms with Crippen LogP contribution >= 0.6 is 12.4 Å². The zero-order valence-electron chi connectivity index (χ0n) is 10.00. The Kier molecular flexibility index (Phi) is 6.76. The lowest BCUT2D eigenvalue weighted by Gasteiger charge is -2.09. The van der Waals surface area contributed by atoms with E-state index in [0.717, 1.165) is 11.1 Å². The van der Waals surface area contributed by atoms with Crippen molar-refractivity contribution in [3.63, 3.8) is 0 Å². The average Bonchev–Trinajstić information content (AvgIpc) is 2.20. The summed E-state index contributed by atoms with van der Waals surface area (Å²) in [6, 6.07) is 4.16. The van der Waals surface area contributed by atoms with Crippen molar-refractivity contribution in [3.8, 4) is 0 Å². The molecule has 1 aromatic carbocycles. The third-order valence-corrected chi connectivity index (χ3v) is 2.41. The molecule has 0 spiro atoms. The van der Waals surface area contributed by atoms with Crippen molar-refractivity contribution in [2.75, 3.05) is 6.54 Å². The summed E-state index contributed by atoms with van der Waals surface area (Å²) >= 11 is 0. The molecule has 96 valence electrons. The Morgan fingerprint density at radius 3 is 2.71 bits per heavy atom. The minimum atomic E-state index is -0.491. The molecule has 1 atom stereocenters. The van der Waals surface area contributed by atoms with Gasteiger partial charge >= 0.3 is 0 Å². The van der Waals surface area contributed by atoms with Gasteiger partial charge in [0.05, 0.1) is 6.04 Å². The molecule has 0 aliphatic heterocycles. The number of nitrogens with one attached hydrogen (secondary N) is 1. The summed E-state index contributed by atoms with van der Waals surface area (Å²) in [6.45, 7) is 4.01. The first-order valence-electron chi connectivity index (χ1n) is 5.29. The van der Waals surface area contributed by atoms with Crippen LogP contribution in [0.3, 0.4) is 0 Å². The third kappa shape index (κ3) is 5.15. The van der Waals surface area contributed by atoms with Gasteiger partial charge in [-0.2, -0.15) is 0 Å². The molecular weight excluding hydrogens is 243 g/mol. The Morgan fingerprint density at radius 2 is 2.18 bits per heavy atom. The van der Waals surface area contributed by atoms with Gasteiger partial charge in [-0.25, -0.2) is 4.39 Å². The monoisotopic (exact) mass is 260 g/mol. The zero-order chi connectivity index (χ0) is 12.1.